The third-order valence-electron chi connectivity index (χ3n) is 6.90. The molecule has 0 spiro atoms. The van der Waals surface area contributed by atoms with Crippen LogP contribution in [0.25, 0.3) is 22.6 Å². The number of likely N-dealkylation sites (N-methyl/N-ethyl adjacent to an activating group) is 1. The molecular weight excluding hydrogens is 508 g/mol. The first-order chi connectivity index (χ1) is 18.7. The summed E-state index contributed by atoms with van der Waals surface area (Å²) in [5, 5.41) is 17.0. The standard InChI is InChI=1S/C28H37F2N5O4/c1-17-26(25-18(2)34-39-19(25)3)32-27(21-6-5-7-23(12-21)37-16-22(36)13-31-4)33-28(17)38-15-20-8-10-35(11-9-20)14-24(29)30/h5-7,12,20,22,24,31,36H,8-11,13-16H2,1-4H3. The molecule has 1 aliphatic heterocycles. The fourth-order valence-electron chi connectivity index (χ4n) is 4.77. The predicted octanol–water partition coefficient (Wildman–Crippen LogP) is 4.04. The van der Waals surface area contributed by atoms with E-state index >= 15 is 0 Å². The van der Waals surface area contributed by atoms with Crippen molar-refractivity contribution in [3.63, 3.8) is 0 Å². The second-order valence-electron chi connectivity index (χ2n) is 10.0. The van der Waals surface area contributed by atoms with E-state index in [9.17, 15) is 13.9 Å². The number of aromatic nitrogens is 3. The van der Waals surface area contributed by atoms with Crippen molar-refractivity contribution in [3.05, 3.63) is 41.3 Å². The van der Waals surface area contributed by atoms with Gasteiger partial charge in [-0.2, -0.15) is 4.98 Å². The van der Waals surface area contributed by atoms with Gasteiger partial charge in [0.15, 0.2) is 5.82 Å². The first kappa shape index (κ1) is 28.8. The molecule has 1 aliphatic rings. The van der Waals surface area contributed by atoms with Gasteiger partial charge in [-0.05, 0) is 71.8 Å². The highest BCUT2D eigenvalue weighted by Crippen LogP contribution is 2.35. The van der Waals surface area contributed by atoms with Crippen LogP contribution >= 0.6 is 0 Å². The molecule has 9 nitrogen and oxygen atoms in total. The smallest absolute Gasteiger partial charge is 0.251 e. The Morgan fingerprint density at radius 2 is 1.92 bits per heavy atom. The lowest BCUT2D eigenvalue weighted by atomic mass is 9.98. The Morgan fingerprint density at radius 1 is 1.15 bits per heavy atom. The minimum atomic E-state index is -2.31. The number of hydrogen-bond donors (Lipinski definition) is 2. The zero-order valence-electron chi connectivity index (χ0n) is 22.9. The number of nitrogens with zero attached hydrogens (tertiary/aromatic N) is 4. The minimum absolute atomic E-state index is 0.147. The molecule has 1 unspecified atom stereocenters. The van der Waals surface area contributed by atoms with E-state index in [0.29, 0.717) is 60.8 Å². The van der Waals surface area contributed by atoms with E-state index in [1.807, 2.05) is 45.0 Å². The van der Waals surface area contributed by atoms with Crippen molar-refractivity contribution in [1.82, 2.24) is 25.3 Å². The molecule has 0 bridgehead atoms. The third-order valence-corrected chi connectivity index (χ3v) is 6.90. The second kappa shape index (κ2) is 13.3. The molecule has 1 saturated heterocycles. The number of ether oxygens (including phenoxy) is 2. The summed E-state index contributed by atoms with van der Waals surface area (Å²) in [4.78, 5) is 11.5. The number of hydrogen-bond acceptors (Lipinski definition) is 9. The molecule has 0 amide bonds. The molecule has 4 rings (SSSR count). The molecule has 0 aliphatic carbocycles. The van der Waals surface area contributed by atoms with E-state index in [1.165, 1.54) is 0 Å². The van der Waals surface area contributed by atoms with Crippen molar-refractivity contribution in [2.24, 2.45) is 5.92 Å². The van der Waals surface area contributed by atoms with E-state index in [1.54, 1.807) is 11.9 Å². The molecule has 1 atom stereocenters. The molecular formula is C28H37F2N5O4. The van der Waals surface area contributed by atoms with Gasteiger partial charge >= 0.3 is 0 Å². The van der Waals surface area contributed by atoms with Gasteiger partial charge in [0, 0.05) is 17.7 Å². The second-order valence-corrected chi connectivity index (χ2v) is 10.0. The average Bonchev–Trinajstić information content (AvgIpc) is 3.25. The van der Waals surface area contributed by atoms with E-state index in [4.69, 9.17) is 24.0 Å². The number of aliphatic hydroxyl groups excluding tert-OH is 1. The first-order valence-corrected chi connectivity index (χ1v) is 13.3. The first-order valence-electron chi connectivity index (χ1n) is 13.3. The van der Waals surface area contributed by atoms with Crippen LogP contribution in [0.3, 0.4) is 0 Å². The molecule has 2 aromatic heterocycles. The van der Waals surface area contributed by atoms with Crippen molar-refractivity contribution in [2.45, 2.75) is 46.1 Å². The SMILES string of the molecule is CNCC(O)COc1cccc(-c2nc(OCC3CCN(CC(F)F)CC3)c(C)c(-c3c(C)noc3C)n2)c1. The lowest BCUT2D eigenvalue weighted by molar-refractivity contribution is 0.0615. The largest absolute Gasteiger partial charge is 0.491 e. The number of rotatable bonds is 12. The number of benzene rings is 1. The molecule has 0 radical (unpaired) electrons. The summed E-state index contributed by atoms with van der Waals surface area (Å²) in [5.41, 5.74) is 3.69. The molecule has 2 N–H and O–H groups in total. The van der Waals surface area contributed by atoms with E-state index in [2.05, 4.69) is 10.5 Å². The Balaban J connectivity index is 1.59. The highest BCUT2D eigenvalue weighted by Gasteiger charge is 2.24. The molecule has 0 saturated carbocycles. The van der Waals surface area contributed by atoms with Gasteiger partial charge in [-0.1, -0.05) is 17.3 Å². The van der Waals surface area contributed by atoms with Crippen LogP contribution in [0.5, 0.6) is 11.6 Å². The number of aryl methyl sites for hydroxylation is 2. The van der Waals surface area contributed by atoms with Gasteiger partial charge in [-0.25, -0.2) is 13.8 Å². The van der Waals surface area contributed by atoms with Crippen LogP contribution in [0, 0.1) is 26.7 Å². The number of likely N-dealkylation sites (tertiary alicyclic amines) is 1. The number of halogens is 2. The molecule has 39 heavy (non-hydrogen) atoms. The molecule has 3 aromatic rings. The summed E-state index contributed by atoms with van der Waals surface area (Å²) < 4.78 is 43.0. The van der Waals surface area contributed by atoms with Crippen LogP contribution in [0.1, 0.15) is 29.9 Å². The van der Waals surface area contributed by atoms with Crippen LogP contribution in [0.2, 0.25) is 0 Å². The van der Waals surface area contributed by atoms with Crippen molar-refractivity contribution in [2.75, 3.05) is 46.4 Å². The van der Waals surface area contributed by atoms with Gasteiger partial charge in [0.1, 0.15) is 24.2 Å². The van der Waals surface area contributed by atoms with Crippen molar-refractivity contribution >= 4 is 0 Å². The van der Waals surface area contributed by atoms with Gasteiger partial charge in [0.05, 0.1) is 30.1 Å². The van der Waals surface area contributed by atoms with Gasteiger partial charge in [0.25, 0.3) is 6.43 Å². The highest BCUT2D eigenvalue weighted by atomic mass is 19.3. The van der Waals surface area contributed by atoms with Crippen LogP contribution in [0.15, 0.2) is 28.8 Å². The highest BCUT2D eigenvalue weighted by molar-refractivity contribution is 5.71. The Bertz CT molecular complexity index is 1210. The Hall–Kier alpha value is -3.15. The van der Waals surface area contributed by atoms with Crippen LogP contribution in [-0.2, 0) is 0 Å². The van der Waals surface area contributed by atoms with Gasteiger partial charge < -0.3 is 24.4 Å². The third kappa shape index (κ3) is 7.49. The number of aliphatic hydroxyl groups is 1. The van der Waals surface area contributed by atoms with Gasteiger partial charge in [0.2, 0.25) is 5.88 Å². The molecule has 1 aromatic carbocycles. The van der Waals surface area contributed by atoms with E-state index in [0.717, 1.165) is 29.5 Å². The van der Waals surface area contributed by atoms with Gasteiger partial charge in [-0.3, -0.25) is 4.90 Å². The van der Waals surface area contributed by atoms with Gasteiger partial charge in [-0.15, -0.1) is 0 Å². The lowest BCUT2D eigenvalue weighted by Gasteiger charge is -2.31. The predicted molar refractivity (Wildman–Crippen MR) is 143 cm³/mol. The van der Waals surface area contributed by atoms with Crippen molar-refractivity contribution < 1.29 is 27.9 Å². The lowest BCUT2D eigenvalue weighted by Crippen LogP contribution is -2.38. The number of nitrogens with one attached hydrogen (secondary N) is 1. The normalized spacial score (nSPS) is 15.6. The maximum Gasteiger partial charge on any atom is 0.251 e. The summed E-state index contributed by atoms with van der Waals surface area (Å²) in [6, 6.07) is 7.38. The monoisotopic (exact) mass is 545 g/mol. The average molecular weight is 546 g/mol. The molecule has 11 heteroatoms. The van der Waals surface area contributed by atoms with Crippen LogP contribution in [0.4, 0.5) is 8.78 Å². The Kier molecular flexibility index (Phi) is 9.82. The number of piperidine rings is 1. The Labute approximate surface area is 227 Å². The summed E-state index contributed by atoms with van der Waals surface area (Å²) in [7, 11) is 1.77. The quantitative estimate of drug-likeness (QED) is 0.349. The van der Waals surface area contributed by atoms with Crippen molar-refractivity contribution in [3.8, 4) is 34.3 Å². The van der Waals surface area contributed by atoms with E-state index < -0.39 is 12.5 Å². The van der Waals surface area contributed by atoms with Crippen molar-refractivity contribution in [1.29, 1.82) is 0 Å². The molecule has 3 heterocycles. The fraction of sp³-hybridized carbons (Fsp3) is 0.536. The Morgan fingerprint density at radius 3 is 2.59 bits per heavy atom. The zero-order chi connectivity index (χ0) is 27.9. The summed E-state index contributed by atoms with van der Waals surface area (Å²) in [5.74, 6) is 2.40. The maximum absolute atomic E-state index is 12.7. The van der Waals surface area contributed by atoms with Crippen LogP contribution in [-0.4, -0.2) is 84.1 Å². The summed E-state index contributed by atoms with van der Waals surface area (Å²) in [6.45, 7) is 7.71. The molecule has 1 fully saturated rings. The molecule has 212 valence electrons. The summed E-state index contributed by atoms with van der Waals surface area (Å²) >= 11 is 0. The minimum Gasteiger partial charge on any atom is -0.491 e. The fourth-order valence-corrected chi connectivity index (χ4v) is 4.77. The summed E-state index contributed by atoms with van der Waals surface area (Å²) in [6.07, 6.45) is -1.37. The maximum atomic E-state index is 12.7. The van der Waals surface area contributed by atoms with Crippen LogP contribution < -0.4 is 14.8 Å². The van der Waals surface area contributed by atoms with E-state index in [-0.39, 0.29) is 19.1 Å². The zero-order valence-corrected chi connectivity index (χ0v) is 22.9. The topological polar surface area (TPSA) is 106 Å². The number of alkyl halides is 2.